The maximum absolute atomic E-state index is 13.5. The summed E-state index contributed by atoms with van der Waals surface area (Å²) in [5.41, 5.74) is 1.13. The van der Waals surface area contributed by atoms with E-state index in [9.17, 15) is 13.6 Å². The Kier molecular flexibility index (Phi) is 10.0. The third-order valence-corrected chi connectivity index (χ3v) is 8.79. The number of alkyl halides is 2. The van der Waals surface area contributed by atoms with E-state index in [2.05, 4.69) is 35.4 Å². The highest BCUT2D eigenvalue weighted by molar-refractivity contribution is 8.00. The van der Waals surface area contributed by atoms with Crippen molar-refractivity contribution in [2.75, 3.05) is 18.9 Å². The first-order valence-electron chi connectivity index (χ1n) is 12.7. The molecule has 1 saturated heterocycles. The van der Waals surface area contributed by atoms with Gasteiger partial charge in [0.05, 0.1) is 16.7 Å². The van der Waals surface area contributed by atoms with E-state index in [1.165, 1.54) is 18.5 Å². The van der Waals surface area contributed by atoms with Crippen molar-refractivity contribution in [2.24, 2.45) is 11.8 Å². The molecule has 2 heterocycles. The molecule has 0 radical (unpaired) electrons. The molecule has 2 fully saturated rings. The van der Waals surface area contributed by atoms with Crippen LogP contribution in [-0.4, -0.2) is 52.8 Å². The van der Waals surface area contributed by atoms with Crippen LogP contribution in [0.2, 0.25) is 10.0 Å². The number of ether oxygens (including phenoxy) is 3. The molecule has 1 aromatic heterocycles. The second-order valence-electron chi connectivity index (χ2n) is 10.00. The van der Waals surface area contributed by atoms with Crippen LogP contribution in [0, 0.1) is 11.8 Å². The highest BCUT2D eigenvalue weighted by Crippen LogP contribution is 2.39. The highest BCUT2D eigenvalue weighted by Gasteiger charge is 2.38. The van der Waals surface area contributed by atoms with Crippen molar-refractivity contribution in [1.29, 1.82) is 0 Å². The van der Waals surface area contributed by atoms with Crippen molar-refractivity contribution in [1.82, 2.24) is 9.88 Å². The number of rotatable bonds is 12. The minimum atomic E-state index is -3.00. The van der Waals surface area contributed by atoms with Crippen LogP contribution in [0.25, 0.3) is 0 Å². The Bertz CT molecular complexity index is 1100. The molecule has 0 amide bonds. The number of benzene rings is 1. The fourth-order valence-corrected chi connectivity index (χ4v) is 5.99. The molecular weight excluding hydrogens is 557 g/mol. The van der Waals surface area contributed by atoms with Crippen molar-refractivity contribution in [3.8, 4) is 11.5 Å². The van der Waals surface area contributed by atoms with Gasteiger partial charge in [-0.05, 0) is 54.9 Å². The molecule has 2 aliphatic rings. The van der Waals surface area contributed by atoms with Gasteiger partial charge in [0.1, 0.15) is 6.10 Å². The van der Waals surface area contributed by atoms with Crippen LogP contribution >= 0.6 is 35.0 Å². The van der Waals surface area contributed by atoms with E-state index in [0.29, 0.717) is 39.6 Å². The molecule has 11 heteroatoms. The number of carbonyl (C=O) groups is 1. The molecule has 1 aliphatic carbocycles. The second-order valence-corrected chi connectivity index (χ2v) is 12.0. The van der Waals surface area contributed by atoms with Crippen molar-refractivity contribution in [2.45, 2.75) is 64.2 Å². The van der Waals surface area contributed by atoms with Crippen molar-refractivity contribution in [3.63, 3.8) is 0 Å². The minimum Gasteiger partial charge on any atom is -0.489 e. The zero-order valence-electron chi connectivity index (χ0n) is 21.5. The smallest absolute Gasteiger partial charge is 0.387 e. The highest BCUT2D eigenvalue weighted by atomic mass is 35.5. The van der Waals surface area contributed by atoms with Gasteiger partial charge in [-0.2, -0.15) is 8.78 Å². The van der Waals surface area contributed by atoms with E-state index < -0.39 is 18.1 Å². The lowest BCUT2D eigenvalue weighted by Gasteiger charge is -2.32. The number of nitrogens with zero attached hydrogens (tertiary/aromatic N) is 2. The molecule has 2 unspecified atom stereocenters. The first-order valence-corrected chi connectivity index (χ1v) is 14.5. The summed E-state index contributed by atoms with van der Waals surface area (Å²) >= 11 is 14.3. The molecule has 3 atom stereocenters. The Morgan fingerprint density at radius 2 is 1.87 bits per heavy atom. The summed E-state index contributed by atoms with van der Waals surface area (Å²) in [4.78, 5) is 19.7. The standard InChI is InChI=1S/C27H32Cl2F2N2O4S/c1-15(2)16(3)33-8-9-38-25(33)26(34)36-23(11-19-20(28)12-32-13-21(19)29)18-6-7-22(37-27(30)31)24(10-18)35-14-17-4-5-17/h6-7,10,12-13,15-17,23,25,27H,4-5,8-9,11,14H2,1-3H3/t16?,23-,25?/m0/s1. The maximum Gasteiger partial charge on any atom is 0.387 e. The molecule has 4 rings (SSSR count). The van der Waals surface area contributed by atoms with Crippen molar-refractivity contribution < 1.29 is 27.8 Å². The van der Waals surface area contributed by atoms with E-state index in [1.54, 1.807) is 23.9 Å². The number of esters is 1. The normalized spacial score (nSPS) is 19.6. The van der Waals surface area contributed by atoms with E-state index in [1.807, 2.05) is 0 Å². The summed E-state index contributed by atoms with van der Waals surface area (Å²) < 4.78 is 42.8. The van der Waals surface area contributed by atoms with Crippen LogP contribution in [0.3, 0.4) is 0 Å². The summed E-state index contributed by atoms with van der Waals surface area (Å²) in [6, 6.07) is 4.80. The monoisotopic (exact) mass is 588 g/mol. The van der Waals surface area contributed by atoms with Crippen molar-refractivity contribution >= 4 is 40.9 Å². The van der Waals surface area contributed by atoms with E-state index >= 15 is 0 Å². The third-order valence-electron chi connectivity index (χ3n) is 6.94. The van der Waals surface area contributed by atoms with Gasteiger partial charge in [0.15, 0.2) is 16.9 Å². The Balaban J connectivity index is 1.64. The van der Waals surface area contributed by atoms with E-state index in [4.69, 9.17) is 32.7 Å². The van der Waals surface area contributed by atoms with Crippen LogP contribution in [0.4, 0.5) is 8.78 Å². The number of aromatic nitrogens is 1. The minimum absolute atomic E-state index is 0.0715. The molecule has 208 valence electrons. The van der Waals surface area contributed by atoms with Crippen LogP contribution in [0.1, 0.15) is 50.8 Å². The number of thioether (sulfide) groups is 1. The SMILES string of the molecule is CC(C)C(C)N1CCSC1C(=O)O[C@@H](Cc1c(Cl)cncc1Cl)c1ccc(OC(F)F)c(OCC2CC2)c1. The average Bonchev–Trinajstić information content (AvgIpc) is 3.57. The zero-order valence-corrected chi connectivity index (χ0v) is 23.9. The summed E-state index contributed by atoms with van der Waals surface area (Å²) in [5.74, 6) is 1.31. The average molecular weight is 590 g/mol. The third kappa shape index (κ3) is 7.43. The molecule has 38 heavy (non-hydrogen) atoms. The van der Waals surface area contributed by atoms with Crippen LogP contribution < -0.4 is 9.47 Å². The van der Waals surface area contributed by atoms with E-state index in [0.717, 1.165) is 25.1 Å². The fourth-order valence-electron chi connectivity index (χ4n) is 4.25. The van der Waals surface area contributed by atoms with Crippen LogP contribution in [-0.2, 0) is 16.0 Å². The molecular formula is C27H32Cl2F2N2O4S. The largest absolute Gasteiger partial charge is 0.489 e. The molecule has 6 nitrogen and oxygen atoms in total. The number of carbonyl (C=O) groups excluding carboxylic acids is 1. The lowest BCUT2D eigenvalue weighted by atomic mass is 10.0. The van der Waals surface area contributed by atoms with Crippen LogP contribution in [0.15, 0.2) is 30.6 Å². The maximum atomic E-state index is 13.5. The Morgan fingerprint density at radius 3 is 2.50 bits per heavy atom. The molecule has 0 N–H and O–H groups in total. The molecule has 1 saturated carbocycles. The number of halogens is 4. The molecule has 1 aromatic carbocycles. The number of pyridine rings is 1. The van der Waals surface area contributed by atoms with E-state index in [-0.39, 0.29) is 29.9 Å². The predicted octanol–water partition coefficient (Wildman–Crippen LogP) is 7.03. The van der Waals surface area contributed by atoms with Gasteiger partial charge in [0.2, 0.25) is 0 Å². The molecule has 0 spiro atoms. The summed E-state index contributed by atoms with van der Waals surface area (Å²) in [6.07, 6.45) is 4.39. The lowest BCUT2D eigenvalue weighted by Crippen LogP contribution is -2.44. The van der Waals surface area contributed by atoms with Gasteiger partial charge in [-0.25, -0.2) is 4.79 Å². The predicted molar refractivity (Wildman–Crippen MR) is 145 cm³/mol. The first kappa shape index (κ1) is 29.2. The Morgan fingerprint density at radius 1 is 1.16 bits per heavy atom. The summed E-state index contributed by atoms with van der Waals surface area (Å²) in [7, 11) is 0. The molecule has 1 aliphatic heterocycles. The Hall–Kier alpha value is -1.81. The zero-order chi connectivity index (χ0) is 27.4. The van der Waals surface area contributed by atoms with Gasteiger partial charge in [0, 0.05) is 37.2 Å². The number of hydrogen-bond acceptors (Lipinski definition) is 7. The number of hydrogen-bond donors (Lipinski definition) is 0. The van der Waals surface area contributed by atoms with Gasteiger partial charge < -0.3 is 14.2 Å². The Labute approximate surface area is 236 Å². The molecule has 2 aromatic rings. The summed E-state index contributed by atoms with van der Waals surface area (Å²) in [6.45, 7) is 4.54. The van der Waals surface area contributed by atoms with Gasteiger partial charge in [-0.3, -0.25) is 9.88 Å². The fraction of sp³-hybridized carbons (Fsp3) is 0.556. The van der Waals surface area contributed by atoms with Gasteiger partial charge in [-0.15, -0.1) is 11.8 Å². The molecule has 0 bridgehead atoms. The second kappa shape index (κ2) is 13.0. The lowest BCUT2D eigenvalue weighted by molar-refractivity contribution is -0.152. The summed E-state index contributed by atoms with van der Waals surface area (Å²) in [5, 5.41) is 0.226. The quantitative estimate of drug-likeness (QED) is 0.247. The van der Waals surface area contributed by atoms with Gasteiger partial charge in [0.25, 0.3) is 0 Å². The first-order chi connectivity index (χ1) is 18.1. The van der Waals surface area contributed by atoms with Gasteiger partial charge in [-0.1, -0.05) is 43.1 Å². The topological polar surface area (TPSA) is 60.9 Å². The van der Waals surface area contributed by atoms with Gasteiger partial charge >= 0.3 is 12.6 Å². The van der Waals surface area contributed by atoms with Crippen molar-refractivity contribution in [3.05, 3.63) is 51.8 Å². The van der Waals surface area contributed by atoms with Crippen LogP contribution in [0.5, 0.6) is 11.5 Å².